The fourth-order valence-corrected chi connectivity index (χ4v) is 4.09. The zero-order valence-corrected chi connectivity index (χ0v) is 17.8. The highest BCUT2D eigenvalue weighted by molar-refractivity contribution is 5.96. The van der Waals surface area contributed by atoms with Crippen LogP contribution in [0.1, 0.15) is 46.2 Å². The summed E-state index contributed by atoms with van der Waals surface area (Å²) in [6.45, 7) is 4.84. The average molecular weight is 415 g/mol. The molecule has 31 heavy (non-hydrogen) atoms. The zero-order chi connectivity index (χ0) is 22.0. The van der Waals surface area contributed by atoms with E-state index < -0.39 is 5.97 Å². The fraction of sp³-hybridized carbons (Fsp3) is 0.231. The number of rotatable bonds is 7. The maximum Gasteiger partial charge on any atom is 0.336 e. The van der Waals surface area contributed by atoms with Crippen LogP contribution in [0.5, 0.6) is 0 Å². The Balaban J connectivity index is 1.72. The van der Waals surface area contributed by atoms with Gasteiger partial charge in [-0.25, -0.2) is 9.78 Å². The quantitative estimate of drug-likeness (QED) is 0.436. The zero-order valence-electron chi connectivity index (χ0n) is 17.8. The number of nitrogens with zero attached hydrogens (tertiary/aromatic N) is 2. The number of aromatic carboxylic acids is 1. The van der Waals surface area contributed by atoms with Gasteiger partial charge in [0.25, 0.3) is 0 Å². The van der Waals surface area contributed by atoms with Gasteiger partial charge in [-0.2, -0.15) is 0 Å². The Morgan fingerprint density at radius 1 is 1.03 bits per heavy atom. The molecule has 2 N–H and O–H groups in total. The smallest absolute Gasteiger partial charge is 0.336 e. The molecular formula is C26H26N2O3. The number of carbonyl (C=O) groups is 1. The van der Waals surface area contributed by atoms with Crippen molar-refractivity contribution < 1.29 is 15.0 Å². The van der Waals surface area contributed by atoms with Gasteiger partial charge in [-0.15, -0.1) is 0 Å². The molecule has 4 rings (SSSR count). The van der Waals surface area contributed by atoms with Gasteiger partial charge >= 0.3 is 5.97 Å². The predicted octanol–water partition coefficient (Wildman–Crippen LogP) is 5.20. The molecule has 4 aromatic rings. The molecule has 1 heterocycles. The van der Waals surface area contributed by atoms with Crippen molar-refractivity contribution >= 4 is 17.0 Å². The van der Waals surface area contributed by atoms with Crippen LogP contribution in [0, 0.1) is 6.92 Å². The Labute approximate surface area is 181 Å². The Hall–Kier alpha value is -3.44. The fourth-order valence-electron chi connectivity index (χ4n) is 4.09. The van der Waals surface area contributed by atoms with E-state index in [1.807, 2.05) is 55.5 Å². The molecule has 158 valence electrons. The first kappa shape index (κ1) is 20.8. The van der Waals surface area contributed by atoms with Crippen LogP contribution in [0.4, 0.5) is 0 Å². The molecule has 0 aliphatic carbocycles. The highest BCUT2D eigenvalue weighted by Gasteiger charge is 2.15. The van der Waals surface area contributed by atoms with Crippen LogP contribution in [0.3, 0.4) is 0 Å². The van der Waals surface area contributed by atoms with Gasteiger partial charge in [0.1, 0.15) is 5.82 Å². The monoisotopic (exact) mass is 414 g/mol. The molecule has 3 aromatic carbocycles. The van der Waals surface area contributed by atoms with Crippen LogP contribution in [-0.4, -0.2) is 25.7 Å². The van der Waals surface area contributed by atoms with E-state index in [0.29, 0.717) is 17.7 Å². The summed E-state index contributed by atoms with van der Waals surface area (Å²) in [5.74, 6) is 0.111. The number of hydrogen-bond acceptors (Lipinski definition) is 3. The molecular weight excluding hydrogens is 388 g/mol. The molecule has 0 saturated heterocycles. The number of fused-ring (bicyclic) bond motifs is 1. The summed E-state index contributed by atoms with van der Waals surface area (Å²) in [6, 6.07) is 19.1. The van der Waals surface area contributed by atoms with E-state index in [1.54, 1.807) is 12.1 Å². The van der Waals surface area contributed by atoms with Gasteiger partial charge in [-0.1, -0.05) is 55.5 Å². The average Bonchev–Trinajstić information content (AvgIpc) is 3.12. The molecule has 0 unspecified atom stereocenters. The molecule has 0 saturated carbocycles. The normalized spacial score (nSPS) is 11.2. The van der Waals surface area contributed by atoms with E-state index in [4.69, 9.17) is 4.98 Å². The van der Waals surface area contributed by atoms with Crippen LogP contribution < -0.4 is 0 Å². The Kier molecular flexibility index (Phi) is 5.87. The molecule has 0 bridgehead atoms. The molecule has 0 fully saturated rings. The number of aliphatic hydroxyl groups excluding tert-OH is 1. The molecule has 0 aliphatic rings. The van der Waals surface area contributed by atoms with Gasteiger partial charge in [0.15, 0.2) is 0 Å². The number of aryl methyl sites for hydroxylation is 2. The third-order valence-electron chi connectivity index (χ3n) is 5.60. The number of aliphatic hydroxyl groups is 1. The van der Waals surface area contributed by atoms with Gasteiger partial charge in [-0.05, 0) is 53.3 Å². The lowest BCUT2D eigenvalue weighted by molar-refractivity contribution is 0.0697. The van der Waals surface area contributed by atoms with Crippen LogP contribution >= 0.6 is 0 Å². The molecule has 5 heteroatoms. The van der Waals surface area contributed by atoms with Gasteiger partial charge < -0.3 is 14.8 Å². The summed E-state index contributed by atoms with van der Waals surface area (Å²) in [5.41, 5.74) is 6.97. The number of carboxylic acid groups (broad SMARTS) is 1. The lowest BCUT2D eigenvalue weighted by Gasteiger charge is -2.11. The van der Waals surface area contributed by atoms with Crippen molar-refractivity contribution in [2.45, 2.75) is 39.8 Å². The van der Waals surface area contributed by atoms with Crippen molar-refractivity contribution in [2.24, 2.45) is 0 Å². The van der Waals surface area contributed by atoms with Crippen molar-refractivity contribution in [2.75, 3.05) is 0 Å². The maximum absolute atomic E-state index is 11.5. The van der Waals surface area contributed by atoms with Crippen molar-refractivity contribution in [1.29, 1.82) is 0 Å². The van der Waals surface area contributed by atoms with Crippen LogP contribution in [0.25, 0.3) is 22.2 Å². The van der Waals surface area contributed by atoms with E-state index in [9.17, 15) is 15.0 Å². The Morgan fingerprint density at radius 2 is 1.77 bits per heavy atom. The molecule has 1 aromatic heterocycles. The minimum absolute atomic E-state index is 0.00273. The summed E-state index contributed by atoms with van der Waals surface area (Å²) in [7, 11) is 0. The maximum atomic E-state index is 11.5. The van der Waals surface area contributed by atoms with Crippen molar-refractivity contribution in [3.63, 3.8) is 0 Å². The highest BCUT2D eigenvalue weighted by atomic mass is 16.4. The van der Waals surface area contributed by atoms with Crippen molar-refractivity contribution in [1.82, 2.24) is 9.55 Å². The standard InChI is InChI=1S/C26H26N2O3/c1-3-6-24-27-25-17(2)13-19(16-29)14-23(25)28(24)15-18-9-11-20(12-10-18)21-7-4-5-8-22(21)26(30)31/h4-5,7-14,29H,3,6,15-16H2,1-2H3,(H,30,31). The first-order valence-electron chi connectivity index (χ1n) is 10.5. The van der Waals surface area contributed by atoms with Crippen LogP contribution in [0.15, 0.2) is 60.7 Å². The number of hydrogen-bond donors (Lipinski definition) is 2. The van der Waals surface area contributed by atoms with E-state index in [1.165, 1.54) is 0 Å². The number of benzene rings is 3. The molecule has 0 radical (unpaired) electrons. The molecule has 0 aliphatic heterocycles. The van der Waals surface area contributed by atoms with Crippen LogP contribution in [-0.2, 0) is 19.6 Å². The highest BCUT2D eigenvalue weighted by Crippen LogP contribution is 2.27. The minimum atomic E-state index is -0.927. The number of aromatic nitrogens is 2. The first-order valence-corrected chi connectivity index (χ1v) is 10.5. The third-order valence-corrected chi connectivity index (χ3v) is 5.60. The van der Waals surface area contributed by atoms with E-state index in [-0.39, 0.29) is 6.61 Å². The van der Waals surface area contributed by atoms with Crippen LogP contribution in [0.2, 0.25) is 0 Å². The molecule has 5 nitrogen and oxygen atoms in total. The second-order valence-corrected chi connectivity index (χ2v) is 7.85. The second kappa shape index (κ2) is 8.74. The SMILES string of the molecule is CCCc1nc2c(C)cc(CO)cc2n1Cc1ccc(-c2ccccc2C(=O)O)cc1. The summed E-state index contributed by atoms with van der Waals surface area (Å²) in [6.07, 6.45) is 1.88. The van der Waals surface area contributed by atoms with Gasteiger partial charge in [0.05, 0.1) is 23.2 Å². The summed E-state index contributed by atoms with van der Waals surface area (Å²) in [4.78, 5) is 16.4. The molecule has 0 atom stereocenters. The molecule has 0 amide bonds. The first-order chi connectivity index (χ1) is 15.0. The van der Waals surface area contributed by atoms with E-state index >= 15 is 0 Å². The third kappa shape index (κ3) is 4.09. The topological polar surface area (TPSA) is 75.4 Å². The Bertz CT molecular complexity index is 1240. The lowest BCUT2D eigenvalue weighted by Crippen LogP contribution is -2.05. The minimum Gasteiger partial charge on any atom is -0.478 e. The molecule has 0 spiro atoms. The predicted molar refractivity (Wildman–Crippen MR) is 122 cm³/mol. The summed E-state index contributed by atoms with van der Waals surface area (Å²) < 4.78 is 2.23. The van der Waals surface area contributed by atoms with Crippen molar-refractivity contribution in [3.8, 4) is 11.1 Å². The van der Waals surface area contributed by atoms with Gasteiger partial charge in [-0.3, -0.25) is 0 Å². The van der Waals surface area contributed by atoms with E-state index in [2.05, 4.69) is 11.5 Å². The van der Waals surface area contributed by atoms with E-state index in [0.717, 1.165) is 52.0 Å². The summed E-state index contributed by atoms with van der Waals surface area (Å²) >= 11 is 0. The number of imidazole rings is 1. The lowest BCUT2D eigenvalue weighted by atomic mass is 9.98. The second-order valence-electron chi connectivity index (χ2n) is 7.85. The summed E-state index contributed by atoms with van der Waals surface area (Å²) in [5, 5.41) is 19.1. The van der Waals surface area contributed by atoms with Crippen molar-refractivity contribution in [3.05, 3.63) is 88.7 Å². The largest absolute Gasteiger partial charge is 0.478 e. The number of carboxylic acids is 1. The van der Waals surface area contributed by atoms with Gasteiger partial charge in [0, 0.05) is 13.0 Å². The Morgan fingerprint density at radius 3 is 2.45 bits per heavy atom. The van der Waals surface area contributed by atoms with Gasteiger partial charge in [0.2, 0.25) is 0 Å².